The minimum absolute atomic E-state index is 0.0874. The highest BCUT2D eigenvalue weighted by molar-refractivity contribution is 6.33. The number of benzene rings is 2. The summed E-state index contributed by atoms with van der Waals surface area (Å²) < 4.78 is 1.62. The Hall–Kier alpha value is -3.12. The maximum Gasteiger partial charge on any atom is 0.256 e. The Morgan fingerprint density at radius 1 is 0.933 bits per heavy atom. The molecular formula is C23H25ClN4O2. The van der Waals surface area contributed by atoms with Crippen LogP contribution in [0, 0.1) is 13.8 Å². The van der Waals surface area contributed by atoms with Crippen LogP contribution in [0.5, 0.6) is 0 Å². The smallest absolute Gasteiger partial charge is 0.256 e. The van der Waals surface area contributed by atoms with Crippen LogP contribution in [0.25, 0.3) is 0 Å². The molecule has 0 unspecified atom stereocenters. The first-order chi connectivity index (χ1) is 14.4. The summed E-state index contributed by atoms with van der Waals surface area (Å²) in [6.07, 6.45) is 0.311. The first-order valence-corrected chi connectivity index (χ1v) is 10.2. The van der Waals surface area contributed by atoms with Crippen molar-refractivity contribution in [1.29, 1.82) is 0 Å². The van der Waals surface area contributed by atoms with Gasteiger partial charge in [0.1, 0.15) is 5.15 Å². The predicted molar refractivity (Wildman–Crippen MR) is 118 cm³/mol. The number of aromatic nitrogens is 2. The van der Waals surface area contributed by atoms with E-state index in [4.69, 9.17) is 11.6 Å². The zero-order chi connectivity index (χ0) is 21.5. The number of carbonyl (C=O) groups excluding carboxylic acids is 2. The molecule has 0 bridgehead atoms. The van der Waals surface area contributed by atoms with Crippen molar-refractivity contribution >= 4 is 23.4 Å². The van der Waals surface area contributed by atoms with Crippen LogP contribution in [-0.4, -0.2) is 34.7 Å². The van der Waals surface area contributed by atoms with Gasteiger partial charge < -0.3 is 10.6 Å². The van der Waals surface area contributed by atoms with Crippen LogP contribution in [0.1, 0.15) is 32.7 Å². The molecule has 3 aromatic rings. The van der Waals surface area contributed by atoms with Crippen LogP contribution < -0.4 is 10.6 Å². The molecule has 0 aliphatic rings. The van der Waals surface area contributed by atoms with E-state index < -0.39 is 0 Å². The Bertz CT molecular complexity index is 1010. The van der Waals surface area contributed by atoms with E-state index >= 15 is 0 Å². The van der Waals surface area contributed by atoms with Crippen LogP contribution in [0.4, 0.5) is 0 Å². The monoisotopic (exact) mass is 424 g/mol. The zero-order valence-electron chi connectivity index (χ0n) is 17.1. The topological polar surface area (TPSA) is 76.0 Å². The van der Waals surface area contributed by atoms with Crippen molar-refractivity contribution in [3.63, 3.8) is 0 Å². The Labute approximate surface area is 181 Å². The number of rotatable bonds is 8. The minimum atomic E-state index is -0.301. The lowest BCUT2D eigenvalue weighted by Crippen LogP contribution is -2.35. The Morgan fingerprint density at radius 2 is 1.60 bits per heavy atom. The molecule has 0 atom stereocenters. The number of hydrogen-bond acceptors (Lipinski definition) is 3. The summed E-state index contributed by atoms with van der Waals surface area (Å²) in [5.74, 6) is -0.388. The van der Waals surface area contributed by atoms with Crippen molar-refractivity contribution in [2.45, 2.75) is 26.8 Å². The van der Waals surface area contributed by atoms with Gasteiger partial charge in [0.25, 0.3) is 5.91 Å². The summed E-state index contributed by atoms with van der Waals surface area (Å²) in [6.45, 7) is 4.92. The number of amides is 2. The van der Waals surface area contributed by atoms with Gasteiger partial charge in [0.2, 0.25) is 5.91 Å². The SMILES string of the molecule is Cc1ccc(Cn2nc(C)c(C(=O)NCCNC(=O)Cc3ccccc3)c2Cl)cc1. The number of nitrogens with zero attached hydrogens (tertiary/aromatic N) is 2. The highest BCUT2D eigenvalue weighted by atomic mass is 35.5. The summed E-state index contributed by atoms with van der Waals surface area (Å²) in [5.41, 5.74) is 4.11. The van der Waals surface area contributed by atoms with Crippen molar-refractivity contribution in [3.05, 3.63) is 87.7 Å². The summed E-state index contributed by atoms with van der Waals surface area (Å²) in [6, 6.07) is 17.6. The van der Waals surface area contributed by atoms with Crippen molar-refractivity contribution in [2.75, 3.05) is 13.1 Å². The molecule has 156 valence electrons. The van der Waals surface area contributed by atoms with Crippen molar-refractivity contribution < 1.29 is 9.59 Å². The molecular weight excluding hydrogens is 400 g/mol. The van der Waals surface area contributed by atoms with Crippen LogP contribution in [0.2, 0.25) is 5.15 Å². The van der Waals surface area contributed by atoms with Gasteiger partial charge in [-0.3, -0.25) is 9.59 Å². The van der Waals surface area contributed by atoms with Crippen molar-refractivity contribution in [2.24, 2.45) is 0 Å². The molecule has 7 heteroatoms. The molecule has 0 aliphatic carbocycles. The lowest BCUT2D eigenvalue weighted by Gasteiger charge is -2.08. The standard InChI is InChI=1S/C23H25ClN4O2/c1-16-8-10-19(11-9-16)15-28-22(24)21(17(2)27-28)23(30)26-13-12-25-20(29)14-18-6-4-3-5-7-18/h3-11H,12-15H2,1-2H3,(H,25,29)(H,26,30). The molecule has 30 heavy (non-hydrogen) atoms. The van der Waals surface area contributed by atoms with E-state index in [2.05, 4.69) is 15.7 Å². The first-order valence-electron chi connectivity index (χ1n) is 9.81. The Morgan fingerprint density at radius 3 is 2.30 bits per heavy atom. The first kappa shape index (κ1) is 21.6. The second-order valence-electron chi connectivity index (χ2n) is 7.16. The highest BCUT2D eigenvalue weighted by Gasteiger charge is 2.20. The van der Waals surface area contributed by atoms with E-state index in [1.165, 1.54) is 5.56 Å². The molecule has 0 saturated heterocycles. The predicted octanol–water partition coefficient (Wildman–Crippen LogP) is 3.29. The number of nitrogens with one attached hydrogen (secondary N) is 2. The minimum Gasteiger partial charge on any atom is -0.354 e. The van der Waals surface area contributed by atoms with Gasteiger partial charge in [0, 0.05) is 13.1 Å². The van der Waals surface area contributed by atoms with Crippen LogP contribution >= 0.6 is 11.6 Å². The Balaban J connectivity index is 1.51. The lowest BCUT2D eigenvalue weighted by molar-refractivity contribution is -0.120. The number of hydrogen-bond donors (Lipinski definition) is 2. The summed E-state index contributed by atoms with van der Waals surface area (Å²) in [4.78, 5) is 24.5. The van der Waals surface area contributed by atoms with Gasteiger partial charge in [-0.05, 0) is 25.0 Å². The molecule has 2 aromatic carbocycles. The quantitative estimate of drug-likeness (QED) is 0.545. The molecule has 0 radical (unpaired) electrons. The van der Waals surface area contributed by atoms with E-state index in [1.807, 2.05) is 61.5 Å². The van der Waals surface area contributed by atoms with Crippen molar-refractivity contribution in [3.8, 4) is 0 Å². The lowest BCUT2D eigenvalue weighted by atomic mass is 10.1. The summed E-state index contributed by atoms with van der Waals surface area (Å²) in [5, 5.41) is 10.3. The number of aryl methyl sites for hydroxylation is 2. The Kier molecular flexibility index (Phi) is 7.25. The second kappa shape index (κ2) is 10.1. The van der Waals surface area contributed by atoms with Gasteiger partial charge in [-0.25, -0.2) is 4.68 Å². The molecule has 1 aromatic heterocycles. The van der Waals surface area contributed by atoms with E-state index in [-0.39, 0.29) is 11.8 Å². The fourth-order valence-corrected chi connectivity index (χ4v) is 3.41. The molecule has 3 rings (SSSR count). The number of halogens is 1. The molecule has 0 fully saturated rings. The fourth-order valence-electron chi connectivity index (χ4n) is 3.09. The molecule has 1 heterocycles. The maximum absolute atomic E-state index is 12.6. The van der Waals surface area contributed by atoms with Crippen LogP contribution in [-0.2, 0) is 17.8 Å². The molecule has 2 amide bonds. The van der Waals surface area contributed by atoms with Gasteiger partial charge in [0.15, 0.2) is 0 Å². The third kappa shape index (κ3) is 5.70. The summed E-state index contributed by atoms with van der Waals surface area (Å²) in [7, 11) is 0. The van der Waals surface area contributed by atoms with E-state index in [0.29, 0.717) is 42.5 Å². The average Bonchev–Trinajstić information content (AvgIpc) is 3.00. The molecule has 0 aliphatic heterocycles. The zero-order valence-corrected chi connectivity index (χ0v) is 17.9. The van der Waals surface area contributed by atoms with E-state index in [1.54, 1.807) is 11.6 Å². The molecule has 0 saturated carbocycles. The van der Waals surface area contributed by atoms with Gasteiger partial charge in [0.05, 0.1) is 24.2 Å². The third-order valence-electron chi connectivity index (χ3n) is 4.69. The van der Waals surface area contributed by atoms with Gasteiger partial charge in [-0.1, -0.05) is 71.8 Å². The fraction of sp³-hybridized carbons (Fsp3) is 0.261. The van der Waals surface area contributed by atoms with Crippen molar-refractivity contribution in [1.82, 2.24) is 20.4 Å². The van der Waals surface area contributed by atoms with Gasteiger partial charge >= 0.3 is 0 Å². The van der Waals surface area contributed by atoms with E-state index in [9.17, 15) is 9.59 Å². The number of carbonyl (C=O) groups is 2. The van der Waals surface area contributed by atoms with Crippen LogP contribution in [0.15, 0.2) is 54.6 Å². The largest absolute Gasteiger partial charge is 0.354 e. The van der Waals surface area contributed by atoms with Gasteiger partial charge in [-0.2, -0.15) is 5.10 Å². The van der Waals surface area contributed by atoms with E-state index in [0.717, 1.165) is 11.1 Å². The van der Waals surface area contributed by atoms with Gasteiger partial charge in [-0.15, -0.1) is 0 Å². The summed E-state index contributed by atoms with van der Waals surface area (Å²) >= 11 is 6.43. The average molecular weight is 425 g/mol. The second-order valence-corrected chi connectivity index (χ2v) is 7.52. The molecule has 0 spiro atoms. The van der Waals surface area contributed by atoms with Crippen LogP contribution in [0.3, 0.4) is 0 Å². The molecule has 6 nitrogen and oxygen atoms in total. The third-order valence-corrected chi connectivity index (χ3v) is 5.07. The molecule has 2 N–H and O–H groups in total. The normalized spacial score (nSPS) is 10.6. The maximum atomic E-state index is 12.6. The highest BCUT2D eigenvalue weighted by Crippen LogP contribution is 2.21.